The lowest BCUT2D eigenvalue weighted by atomic mass is 9.80. The van der Waals surface area contributed by atoms with Crippen LogP contribution in [0, 0.1) is 11.8 Å². The van der Waals surface area contributed by atoms with E-state index in [2.05, 4.69) is 12.2 Å². The Morgan fingerprint density at radius 1 is 1.13 bits per heavy atom. The molecule has 1 rings (SSSR count). The predicted octanol–water partition coefficient (Wildman–Crippen LogP) is 2.53. The summed E-state index contributed by atoms with van der Waals surface area (Å²) < 4.78 is 0. The number of nitrogens with one attached hydrogen (secondary N) is 1. The Labute approximate surface area is 95.0 Å². The molecule has 2 heteroatoms. The maximum atomic E-state index is 5.46. The molecule has 90 valence electrons. The Hall–Kier alpha value is -0.0800. The summed E-state index contributed by atoms with van der Waals surface area (Å²) in [6.45, 7) is 5.24. The Balaban J connectivity index is 2.02. The van der Waals surface area contributed by atoms with E-state index in [4.69, 9.17) is 5.73 Å². The van der Waals surface area contributed by atoms with Crippen LogP contribution in [-0.2, 0) is 0 Å². The van der Waals surface area contributed by atoms with Crippen molar-refractivity contribution < 1.29 is 0 Å². The Bertz CT molecular complexity index is 139. The molecule has 1 saturated carbocycles. The third kappa shape index (κ3) is 5.53. The fraction of sp³-hybridized carbons (Fsp3) is 1.00. The first-order valence-corrected chi connectivity index (χ1v) is 6.77. The summed E-state index contributed by atoms with van der Waals surface area (Å²) in [6, 6.07) is 0. The van der Waals surface area contributed by atoms with Crippen molar-refractivity contribution in [3.05, 3.63) is 0 Å². The lowest BCUT2D eigenvalue weighted by Crippen LogP contribution is -2.30. The quantitative estimate of drug-likeness (QED) is 0.636. The smallest absolute Gasteiger partial charge is 0.00746 e. The van der Waals surface area contributed by atoms with E-state index in [1.54, 1.807) is 0 Å². The molecule has 3 N–H and O–H groups in total. The minimum absolute atomic E-state index is 0.770. The molecule has 0 aliphatic heterocycles. The topological polar surface area (TPSA) is 38.0 Å². The molecule has 0 aromatic rings. The molecule has 0 saturated heterocycles. The molecule has 0 bridgehead atoms. The average molecular weight is 212 g/mol. The first-order valence-electron chi connectivity index (χ1n) is 6.77. The van der Waals surface area contributed by atoms with Crippen molar-refractivity contribution in [1.29, 1.82) is 0 Å². The summed E-state index contributed by atoms with van der Waals surface area (Å²) in [7, 11) is 0. The summed E-state index contributed by atoms with van der Waals surface area (Å²) in [5.74, 6) is 1.96. The molecule has 0 spiro atoms. The number of hydrogen-bond donors (Lipinski definition) is 2. The Morgan fingerprint density at radius 2 is 1.80 bits per heavy atom. The lowest BCUT2D eigenvalue weighted by Gasteiger charge is -2.28. The van der Waals surface area contributed by atoms with Gasteiger partial charge >= 0.3 is 0 Å². The van der Waals surface area contributed by atoms with E-state index < -0.39 is 0 Å². The average Bonchev–Trinajstić information content (AvgIpc) is 2.28. The van der Waals surface area contributed by atoms with Crippen LogP contribution in [0.25, 0.3) is 0 Å². The van der Waals surface area contributed by atoms with Crippen molar-refractivity contribution in [2.75, 3.05) is 19.6 Å². The van der Waals surface area contributed by atoms with Crippen LogP contribution in [0.2, 0.25) is 0 Å². The van der Waals surface area contributed by atoms with Crippen molar-refractivity contribution in [3.63, 3.8) is 0 Å². The van der Waals surface area contributed by atoms with Gasteiger partial charge in [0.25, 0.3) is 0 Å². The van der Waals surface area contributed by atoms with Crippen LogP contribution in [0.5, 0.6) is 0 Å². The van der Waals surface area contributed by atoms with Crippen molar-refractivity contribution in [3.8, 4) is 0 Å². The highest BCUT2D eigenvalue weighted by Crippen LogP contribution is 2.31. The summed E-state index contributed by atoms with van der Waals surface area (Å²) in [5.41, 5.74) is 5.46. The highest BCUT2D eigenvalue weighted by Gasteiger charge is 2.19. The summed E-state index contributed by atoms with van der Waals surface area (Å²) in [6.07, 6.45) is 10.1. The Kier molecular flexibility index (Phi) is 7.03. The van der Waals surface area contributed by atoms with Gasteiger partial charge in [-0.2, -0.15) is 0 Å². The third-order valence-corrected chi connectivity index (χ3v) is 3.69. The van der Waals surface area contributed by atoms with Gasteiger partial charge in [0.2, 0.25) is 0 Å². The highest BCUT2D eigenvalue weighted by atomic mass is 14.9. The van der Waals surface area contributed by atoms with Gasteiger partial charge in [-0.25, -0.2) is 0 Å². The molecule has 1 aliphatic rings. The summed E-state index contributed by atoms with van der Waals surface area (Å²) >= 11 is 0. The minimum atomic E-state index is 0.770. The number of nitrogens with two attached hydrogens (primary N) is 1. The summed E-state index contributed by atoms with van der Waals surface area (Å²) in [5, 5.41) is 3.44. The second-order valence-electron chi connectivity index (χ2n) is 5.02. The van der Waals surface area contributed by atoms with Gasteiger partial charge in [-0.05, 0) is 31.2 Å². The largest absolute Gasteiger partial charge is 0.329 e. The van der Waals surface area contributed by atoms with Crippen molar-refractivity contribution in [2.24, 2.45) is 17.6 Å². The van der Waals surface area contributed by atoms with E-state index >= 15 is 0 Å². The normalized spacial score (nSPS) is 26.8. The first kappa shape index (κ1) is 13.0. The van der Waals surface area contributed by atoms with Crippen LogP contribution >= 0.6 is 0 Å². The van der Waals surface area contributed by atoms with Crippen LogP contribution in [0.1, 0.15) is 51.9 Å². The molecule has 0 unspecified atom stereocenters. The fourth-order valence-corrected chi connectivity index (χ4v) is 2.63. The van der Waals surface area contributed by atoms with Crippen LogP contribution in [0.3, 0.4) is 0 Å². The van der Waals surface area contributed by atoms with Gasteiger partial charge in [0, 0.05) is 13.1 Å². The van der Waals surface area contributed by atoms with E-state index in [9.17, 15) is 0 Å². The number of rotatable bonds is 7. The van der Waals surface area contributed by atoms with E-state index in [0.29, 0.717) is 0 Å². The van der Waals surface area contributed by atoms with Gasteiger partial charge in [-0.3, -0.25) is 0 Å². The van der Waals surface area contributed by atoms with E-state index in [-0.39, 0.29) is 0 Å². The van der Waals surface area contributed by atoms with Crippen LogP contribution in [-0.4, -0.2) is 19.6 Å². The van der Waals surface area contributed by atoms with E-state index in [1.165, 1.54) is 51.5 Å². The van der Waals surface area contributed by atoms with Crippen LogP contribution < -0.4 is 11.1 Å². The van der Waals surface area contributed by atoms with Gasteiger partial charge in [-0.15, -0.1) is 0 Å². The van der Waals surface area contributed by atoms with Gasteiger partial charge in [-0.1, -0.05) is 39.0 Å². The molecule has 1 fully saturated rings. The van der Waals surface area contributed by atoms with E-state index in [0.717, 1.165) is 24.9 Å². The van der Waals surface area contributed by atoms with Gasteiger partial charge in [0.15, 0.2) is 0 Å². The van der Waals surface area contributed by atoms with Crippen LogP contribution in [0.4, 0.5) is 0 Å². The van der Waals surface area contributed by atoms with Crippen molar-refractivity contribution in [2.45, 2.75) is 51.9 Å². The van der Waals surface area contributed by atoms with Gasteiger partial charge in [0.05, 0.1) is 0 Å². The zero-order chi connectivity index (χ0) is 10.9. The second-order valence-corrected chi connectivity index (χ2v) is 5.02. The zero-order valence-corrected chi connectivity index (χ0v) is 10.3. The zero-order valence-electron chi connectivity index (χ0n) is 10.3. The maximum absolute atomic E-state index is 5.46. The molecule has 0 aromatic heterocycles. The molecule has 0 amide bonds. The molecule has 0 radical (unpaired) electrons. The maximum Gasteiger partial charge on any atom is 0.00746 e. The molecule has 0 heterocycles. The fourth-order valence-electron chi connectivity index (χ4n) is 2.63. The van der Waals surface area contributed by atoms with Gasteiger partial charge in [0.1, 0.15) is 0 Å². The highest BCUT2D eigenvalue weighted by molar-refractivity contribution is 4.74. The first-order chi connectivity index (χ1) is 7.36. The molecule has 1 aliphatic carbocycles. The van der Waals surface area contributed by atoms with Gasteiger partial charge < -0.3 is 11.1 Å². The van der Waals surface area contributed by atoms with E-state index in [1.807, 2.05) is 0 Å². The van der Waals surface area contributed by atoms with Crippen molar-refractivity contribution >= 4 is 0 Å². The lowest BCUT2D eigenvalue weighted by molar-refractivity contribution is 0.254. The Morgan fingerprint density at radius 3 is 2.40 bits per heavy atom. The predicted molar refractivity (Wildman–Crippen MR) is 66.9 cm³/mol. The number of unbranched alkanes of at least 4 members (excludes halogenated alkanes) is 1. The second kappa shape index (κ2) is 8.12. The molecule has 2 nitrogen and oxygen atoms in total. The molecular formula is C13H28N2. The third-order valence-electron chi connectivity index (χ3n) is 3.69. The number of hydrogen-bond acceptors (Lipinski definition) is 2. The van der Waals surface area contributed by atoms with Crippen molar-refractivity contribution in [1.82, 2.24) is 5.32 Å². The monoisotopic (exact) mass is 212 g/mol. The standard InChI is InChI=1S/C13H28N2/c1-2-3-4-12-5-7-13(8-6-12)11-15-10-9-14/h12-13,15H,2-11,14H2,1H3. The summed E-state index contributed by atoms with van der Waals surface area (Å²) in [4.78, 5) is 0. The van der Waals surface area contributed by atoms with Crippen LogP contribution in [0.15, 0.2) is 0 Å². The molecule has 15 heavy (non-hydrogen) atoms. The SMILES string of the molecule is CCCCC1CCC(CNCCN)CC1. The molecule has 0 atom stereocenters. The minimum Gasteiger partial charge on any atom is -0.329 e. The molecular weight excluding hydrogens is 184 g/mol. The molecule has 0 aromatic carbocycles.